The molecule has 0 unspecified atom stereocenters. The van der Waals surface area contributed by atoms with E-state index in [4.69, 9.17) is 5.11 Å². The Bertz CT molecular complexity index is 520. The van der Waals surface area contributed by atoms with Gasteiger partial charge in [-0.15, -0.1) is 0 Å². The number of halogens is 3. The topological polar surface area (TPSA) is 99.3 Å². The van der Waals surface area contributed by atoms with Gasteiger partial charge in [-0.3, -0.25) is 9.59 Å². The number of aromatic carboxylic acids is 1. The van der Waals surface area contributed by atoms with E-state index in [1.54, 1.807) is 0 Å². The van der Waals surface area contributed by atoms with Crippen LogP contribution in [0.25, 0.3) is 0 Å². The molecule has 0 aromatic carbocycles. The summed E-state index contributed by atoms with van der Waals surface area (Å²) in [7, 11) is 0. The number of rotatable bonds is 2. The molecule has 0 saturated carbocycles. The number of nitrogens with one attached hydrogen (secondary N) is 2. The molecule has 0 atom stereocenters. The van der Waals surface area contributed by atoms with Crippen molar-refractivity contribution in [2.24, 2.45) is 0 Å². The summed E-state index contributed by atoms with van der Waals surface area (Å²) in [6.45, 7) is 0. The molecule has 1 heterocycles. The van der Waals surface area contributed by atoms with Gasteiger partial charge in [-0.1, -0.05) is 0 Å². The second kappa shape index (κ2) is 4.28. The molecule has 1 aromatic rings. The summed E-state index contributed by atoms with van der Waals surface area (Å²) < 4.78 is 35.6. The number of hydrogen-bond acceptors (Lipinski definition) is 3. The van der Waals surface area contributed by atoms with Crippen molar-refractivity contribution >= 4 is 17.6 Å². The van der Waals surface area contributed by atoms with Gasteiger partial charge in [-0.05, 0) is 6.07 Å². The first-order chi connectivity index (χ1) is 7.70. The molecule has 0 saturated heterocycles. The number of carboxylic acid groups (broad SMARTS) is 1. The van der Waals surface area contributed by atoms with Crippen molar-refractivity contribution in [1.82, 2.24) is 4.98 Å². The Kier molecular flexibility index (Phi) is 3.21. The van der Waals surface area contributed by atoms with Gasteiger partial charge in [0.05, 0.1) is 0 Å². The largest absolute Gasteiger partial charge is 0.477 e. The number of alkyl halides is 3. The molecule has 0 spiro atoms. The van der Waals surface area contributed by atoms with Crippen molar-refractivity contribution < 1.29 is 27.9 Å². The van der Waals surface area contributed by atoms with E-state index in [1.807, 2.05) is 4.98 Å². The highest BCUT2D eigenvalue weighted by atomic mass is 19.4. The minimum Gasteiger partial charge on any atom is -0.477 e. The molecule has 9 heteroatoms. The number of H-pyrrole nitrogens is 1. The van der Waals surface area contributed by atoms with Gasteiger partial charge in [0, 0.05) is 11.8 Å². The number of carbonyl (C=O) groups excluding carboxylic acids is 1. The van der Waals surface area contributed by atoms with Crippen molar-refractivity contribution in [2.45, 2.75) is 6.18 Å². The normalized spacial score (nSPS) is 11.0. The molecule has 1 rings (SSSR count). The van der Waals surface area contributed by atoms with E-state index in [1.165, 1.54) is 5.32 Å². The lowest BCUT2D eigenvalue weighted by Gasteiger charge is -2.07. The number of pyridine rings is 1. The highest BCUT2D eigenvalue weighted by Crippen LogP contribution is 2.17. The van der Waals surface area contributed by atoms with Crippen molar-refractivity contribution in [3.63, 3.8) is 0 Å². The summed E-state index contributed by atoms with van der Waals surface area (Å²) in [6.07, 6.45) is -5.12. The van der Waals surface area contributed by atoms with E-state index >= 15 is 0 Å². The number of amides is 1. The van der Waals surface area contributed by atoms with Gasteiger partial charge < -0.3 is 15.4 Å². The maximum absolute atomic E-state index is 11.9. The molecular formula is C8H5F3N2O4. The van der Waals surface area contributed by atoms with Crippen LogP contribution in [0.5, 0.6) is 0 Å². The zero-order chi connectivity index (χ0) is 13.2. The lowest BCUT2D eigenvalue weighted by atomic mass is 10.3. The third-order valence-electron chi connectivity index (χ3n) is 1.59. The van der Waals surface area contributed by atoms with E-state index < -0.39 is 35.0 Å². The Morgan fingerprint density at radius 1 is 1.29 bits per heavy atom. The molecule has 17 heavy (non-hydrogen) atoms. The van der Waals surface area contributed by atoms with Crippen LogP contribution in [0.3, 0.4) is 0 Å². The first-order valence-corrected chi connectivity index (χ1v) is 4.06. The van der Waals surface area contributed by atoms with Gasteiger partial charge in [0.25, 0.3) is 5.56 Å². The van der Waals surface area contributed by atoms with Crippen LogP contribution in [0, 0.1) is 0 Å². The fourth-order valence-electron chi connectivity index (χ4n) is 0.933. The Morgan fingerprint density at radius 3 is 2.35 bits per heavy atom. The summed E-state index contributed by atoms with van der Waals surface area (Å²) in [4.78, 5) is 33.8. The summed E-state index contributed by atoms with van der Waals surface area (Å²) in [5.74, 6) is -3.83. The Balaban J connectivity index is 3.04. The lowest BCUT2D eigenvalue weighted by Crippen LogP contribution is -2.30. The first-order valence-electron chi connectivity index (χ1n) is 4.06. The van der Waals surface area contributed by atoms with Crippen molar-refractivity contribution in [2.75, 3.05) is 5.32 Å². The lowest BCUT2D eigenvalue weighted by molar-refractivity contribution is -0.167. The Morgan fingerprint density at radius 2 is 1.88 bits per heavy atom. The fourth-order valence-corrected chi connectivity index (χ4v) is 0.933. The minimum absolute atomic E-state index is 0.548. The molecule has 0 aliphatic rings. The van der Waals surface area contributed by atoms with Crippen molar-refractivity contribution in [3.05, 3.63) is 28.2 Å². The summed E-state index contributed by atoms with van der Waals surface area (Å²) in [5.41, 5.74) is -2.12. The predicted molar refractivity (Wildman–Crippen MR) is 48.7 cm³/mol. The van der Waals surface area contributed by atoms with Crippen molar-refractivity contribution in [1.29, 1.82) is 0 Å². The summed E-state index contributed by atoms with van der Waals surface area (Å²) >= 11 is 0. The fraction of sp³-hybridized carbons (Fsp3) is 0.125. The SMILES string of the molecule is O=C(O)c1cc(NC(=O)C(F)(F)F)cc(=O)[nH]1. The van der Waals surface area contributed by atoms with Gasteiger partial charge >= 0.3 is 18.1 Å². The monoisotopic (exact) mass is 250 g/mol. The summed E-state index contributed by atoms with van der Waals surface area (Å²) in [5, 5.41) is 9.89. The van der Waals surface area contributed by atoms with Crippen LogP contribution in [-0.4, -0.2) is 28.1 Å². The summed E-state index contributed by atoms with van der Waals surface area (Å²) in [6, 6.07) is 1.34. The van der Waals surface area contributed by atoms with Gasteiger partial charge in [0.1, 0.15) is 5.69 Å². The minimum atomic E-state index is -5.12. The number of aromatic amines is 1. The van der Waals surface area contributed by atoms with Gasteiger partial charge in [0.2, 0.25) is 0 Å². The average Bonchev–Trinajstić information content (AvgIpc) is 2.14. The van der Waals surface area contributed by atoms with Crippen LogP contribution in [0.4, 0.5) is 18.9 Å². The second-order valence-corrected chi connectivity index (χ2v) is 2.90. The Labute approximate surface area is 91.1 Å². The van der Waals surface area contributed by atoms with Crippen LogP contribution in [0.1, 0.15) is 10.5 Å². The number of anilines is 1. The van der Waals surface area contributed by atoms with E-state index in [0.717, 1.165) is 0 Å². The third-order valence-corrected chi connectivity index (χ3v) is 1.59. The molecular weight excluding hydrogens is 245 g/mol. The zero-order valence-electron chi connectivity index (χ0n) is 7.96. The molecule has 92 valence electrons. The quantitative estimate of drug-likeness (QED) is 0.714. The average molecular weight is 250 g/mol. The molecule has 0 bridgehead atoms. The number of aromatic nitrogens is 1. The van der Waals surface area contributed by atoms with Crippen molar-refractivity contribution in [3.8, 4) is 0 Å². The van der Waals surface area contributed by atoms with Gasteiger partial charge in [-0.2, -0.15) is 13.2 Å². The van der Waals surface area contributed by atoms with E-state index in [0.29, 0.717) is 12.1 Å². The molecule has 1 amide bonds. The van der Waals surface area contributed by atoms with E-state index in [2.05, 4.69) is 0 Å². The van der Waals surface area contributed by atoms with Gasteiger partial charge in [0.15, 0.2) is 0 Å². The number of carboxylic acids is 1. The number of carbonyl (C=O) groups is 2. The molecule has 0 radical (unpaired) electrons. The van der Waals surface area contributed by atoms with Crippen LogP contribution in [0.2, 0.25) is 0 Å². The van der Waals surface area contributed by atoms with E-state index in [-0.39, 0.29) is 0 Å². The molecule has 1 aromatic heterocycles. The van der Waals surface area contributed by atoms with Crippen LogP contribution < -0.4 is 10.9 Å². The Hall–Kier alpha value is -2.32. The van der Waals surface area contributed by atoms with Crippen LogP contribution >= 0.6 is 0 Å². The predicted octanol–water partition coefficient (Wildman–Crippen LogP) is 0.574. The number of hydrogen-bond donors (Lipinski definition) is 3. The molecule has 0 fully saturated rings. The smallest absolute Gasteiger partial charge is 0.471 e. The van der Waals surface area contributed by atoms with Crippen LogP contribution in [-0.2, 0) is 4.79 Å². The van der Waals surface area contributed by atoms with Crippen LogP contribution in [0.15, 0.2) is 16.9 Å². The maximum atomic E-state index is 11.9. The molecule has 0 aliphatic carbocycles. The van der Waals surface area contributed by atoms with Gasteiger partial charge in [-0.25, -0.2) is 4.79 Å². The maximum Gasteiger partial charge on any atom is 0.471 e. The third kappa shape index (κ3) is 3.33. The van der Waals surface area contributed by atoms with E-state index in [9.17, 15) is 27.6 Å². The highest BCUT2D eigenvalue weighted by Gasteiger charge is 2.38. The molecule has 3 N–H and O–H groups in total. The first kappa shape index (κ1) is 12.7. The molecule has 0 aliphatic heterocycles. The zero-order valence-corrected chi connectivity index (χ0v) is 7.96. The molecule has 6 nitrogen and oxygen atoms in total. The second-order valence-electron chi connectivity index (χ2n) is 2.90. The highest BCUT2D eigenvalue weighted by molar-refractivity contribution is 5.96. The standard InChI is InChI=1S/C8H5F3N2O4/c9-8(10,11)7(17)12-3-1-4(6(15)16)13-5(14)2-3/h1-2H,(H,15,16)(H2,12,13,14,17).